The predicted octanol–water partition coefficient (Wildman–Crippen LogP) is 3.28. The van der Waals surface area contributed by atoms with Crippen LogP contribution in [-0.2, 0) is 33.3 Å². The molecule has 0 bridgehead atoms. The van der Waals surface area contributed by atoms with Crippen molar-refractivity contribution in [1.82, 2.24) is 0 Å². The number of rotatable bonds is 14. The molecule has 9 heteroatoms. The molecule has 1 aromatic rings. The molecule has 9 nitrogen and oxygen atoms in total. The first-order valence-corrected chi connectivity index (χ1v) is 10.6. The second kappa shape index (κ2) is 13.9. The van der Waals surface area contributed by atoms with Crippen LogP contribution in [0.5, 0.6) is 0 Å². The minimum Gasteiger partial charge on any atom is -0.462 e. The molecule has 0 aromatic heterocycles. The molecule has 1 aromatic carbocycles. The van der Waals surface area contributed by atoms with E-state index in [-0.39, 0.29) is 49.7 Å². The fourth-order valence-electron chi connectivity index (χ4n) is 2.27. The first-order valence-electron chi connectivity index (χ1n) is 10.6. The lowest BCUT2D eigenvalue weighted by atomic mass is 9.96. The minimum atomic E-state index is -0.615. The third-order valence-corrected chi connectivity index (χ3v) is 4.15. The van der Waals surface area contributed by atoms with Crippen molar-refractivity contribution in [2.45, 2.75) is 27.7 Å². The second-order valence-electron chi connectivity index (χ2n) is 8.34. The Hall–Kier alpha value is -3.46. The highest BCUT2D eigenvalue weighted by atomic mass is 16.6. The number of hydrogen-bond donors (Lipinski definition) is 0. The van der Waals surface area contributed by atoms with Crippen LogP contribution in [0.4, 0.5) is 0 Å². The summed E-state index contributed by atoms with van der Waals surface area (Å²) in [5.74, 6) is -2.19. The smallest absolute Gasteiger partial charge is 0.338 e. The molecular weight excluding hydrogens is 444 g/mol. The van der Waals surface area contributed by atoms with Gasteiger partial charge in [0.25, 0.3) is 0 Å². The average molecular weight is 477 g/mol. The lowest BCUT2D eigenvalue weighted by Crippen LogP contribution is -2.28. The van der Waals surface area contributed by atoms with Gasteiger partial charge in [-0.25, -0.2) is 19.2 Å². The maximum Gasteiger partial charge on any atom is 0.338 e. The molecule has 0 aliphatic carbocycles. The Balaban J connectivity index is 2.32. The third kappa shape index (κ3) is 10.9. The van der Waals surface area contributed by atoms with Crippen LogP contribution in [0.15, 0.2) is 48.6 Å². The van der Waals surface area contributed by atoms with Crippen molar-refractivity contribution < 1.29 is 42.9 Å². The zero-order valence-electron chi connectivity index (χ0n) is 20.1. The maximum atomic E-state index is 12.1. The van der Waals surface area contributed by atoms with Crippen LogP contribution in [0.1, 0.15) is 48.4 Å². The normalized spacial score (nSPS) is 10.7. The van der Waals surface area contributed by atoms with Gasteiger partial charge in [0.1, 0.15) is 19.8 Å². The molecule has 0 amide bonds. The molecule has 0 fully saturated rings. The van der Waals surface area contributed by atoms with Crippen molar-refractivity contribution in [3.05, 3.63) is 59.7 Å². The molecule has 0 saturated heterocycles. The number of benzene rings is 1. The summed E-state index contributed by atoms with van der Waals surface area (Å²) in [6.45, 7) is 14.3. The molecule has 0 spiro atoms. The van der Waals surface area contributed by atoms with E-state index in [4.69, 9.17) is 23.7 Å². The third-order valence-electron chi connectivity index (χ3n) is 4.15. The van der Waals surface area contributed by atoms with E-state index in [0.29, 0.717) is 12.2 Å². The van der Waals surface area contributed by atoms with Crippen LogP contribution in [0, 0.1) is 5.41 Å². The van der Waals surface area contributed by atoms with E-state index in [2.05, 4.69) is 13.2 Å². The zero-order chi connectivity index (χ0) is 25.7. The van der Waals surface area contributed by atoms with Crippen molar-refractivity contribution in [2.24, 2.45) is 5.41 Å². The summed E-state index contributed by atoms with van der Waals surface area (Å²) in [5, 5.41) is 0. The van der Waals surface area contributed by atoms with Gasteiger partial charge < -0.3 is 23.7 Å². The molecular formula is C25H32O9. The van der Waals surface area contributed by atoms with Crippen LogP contribution in [-0.4, -0.2) is 63.5 Å². The number of esters is 4. The van der Waals surface area contributed by atoms with Gasteiger partial charge >= 0.3 is 23.9 Å². The van der Waals surface area contributed by atoms with Gasteiger partial charge in [-0.3, -0.25) is 0 Å². The number of carbonyl (C=O) groups excluding carboxylic acids is 4. The van der Waals surface area contributed by atoms with Crippen LogP contribution in [0.25, 0.3) is 0 Å². The van der Waals surface area contributed by atoms with E-state index in [9.17, 15) is 19.2 Å². The monoisotopic (exact) mass is 476 g/mol. The Kier molecular flexibility index (Phi) is 11.7. The average Bonchev–Trinajstić information content (AvgIpc) is 2.79. The van der Waals surface area contributed by atoms with Gasteiger partial charge in [-0.1, -0.05) is 27.0 Å². The summed E-state index contributed by atoms with van der Waals surface area (Å²) in [6.07, 6.45) is 0. The summed E-state index contributed by atoms with van der Waals surface area (Å²) in [5.41, 5.74) is 0.673. The van der Waals surface area contributed by atoms with Crippen LogP contribution in [0.2, 0.25) is 0 Å². The summed E-state index contributed by atoms with van der Waals surface area (Å²) in [7, 11) is 0. The van der Waals surface area contributed by atoms with E-state index < -0.39 is 29.3 Å². The highest BCUT2D eigenvalue weighted by Crippen LogP contribution is 2.16. The fourth-order valence-corrected chi connectivity index (χ4v) is 2.27. The lowest BCUT2D eigenvalue weighted by molar-refractivity contribution is -0.143. The van der Waals surface area contributed by atoms with Crippen molar-refractivity contribution in [2.75, 3.05) is 39.6 Å². The van der Waals surface area contributed by atoms with E-state index in [1.54, 1.807) is 6.92 Å². The molecule has 0 heterocycles. The SMILES string of the molecule is C=C(C)C(=O)OCCOC(=O)c1ccc(C(=O)OCCOCC(C)(C)COC(=O)C(=C)C)cc1. The molecule has 0 radical (unpaired) electrons. The van der Waals surface area contributed by atoms with Crippen molar-refractivity contribution in [3.8, 4) is 0 Å². The Labute approximate surface area is 199 Å². The number of ether oxygens (including phenoxy) is 5. The zero-order valence-corrected chi connectivity index (χ0v) is 20.1. The van der Waals surface area contributed by atoms with Gasteiger partial charge in [-0.15, -0.1) is 0 Å². The highest BCUT2D eigenvalue weighted by Gasteiger charge is 2.21. The van der Waals surface area contributed by atoms with Gasteiger partial charge in [0, 0.05) is 16.6 Å². The minimum absolute atomic E-state index is 0.0349. The number of hydrogen-bond acceptors (Lipinski definition) is 9. The molecule has 186 valence electrons. The van der Waals surface area contributed by atoms with E-state index in [1.807, 2.05) is 13.8 Å². The van der Waals surface area contributed by atoms with Crippen LogP contribution >= 0.6 is 0 Å². The lowest BCUT2D eigenvalue weighted by Gasteiger charge is -2.23. The Bertz CT molecular complexity index is 897. The van der Waals surface area contributed by atoms with Crippen molar-refractivity contribution in [3.63, 3.8) is 0 Å². The van der Waals surface area contributed by atoms with Gasteiger partial charge in [-0.2, -0.15) is 0 Å². The summed E-state index contributed by atoms with van der Waals surface area (Å²) in [4.78, 5) is 46.9. The molecule has 0 N–H and O–H groups in total. The van der Waals surface area contributed by atoms with E-state index in [0.717, 1.165) is 0 Å². The van der Waals surface area contributed by atoms with Gasteiger partial charge in [0.2, 0.25) is 0 Å². The molecule has 1 rings (SSSR count). The first kappa shape index (κ1) is 28.6. The topological polar surface area (TPSA) is 114 Å². The van der Waals surface area contributed by atoms with Crippen LogP contribution in [0.3, 0.4) is 0 Å². The Morgan fingerprint density at radius 3 is 1.56 bits per heavy atom. The van der Waals surface area contributed by atoms with Crippen molar-refractivity contribution in [1.29, 1.82) is 0 Å². The predicted molar refractivity (Wildman–Crippen MR) is 123 cm³/mol. The molecule has 34 heavy (non-hydrogen) atoms. The highest BCUT2D eigenvalue weighted by molar-refractivity contribution is 5.93. The summed E-state index contributed by atoms with van der Waals surface area (Å²) in [6, 6.07) is 5.76. The van der Waals surface area contributed by atoms with Crippen molar-refractivity contribution >= 4 is 23.9 Å². The summed E-state index contributed by atoms with van der Waals surface area (Å²) < 4.78 is 25.7. The summed E-state index contributed by atoms with van der Waals surface area (Å²) >= 11 is 0. The first-order chi connectivity index (χ1) is 15.9. The number of carbonyl (C=O) groups is 4. The second-order valence-corrected chi connectivity index (χ2v) is 8.34. The van der Waals surface area contributed by atoms with E-state index in [1.165, 1.54) is 31.2 Å². The quantitative estimate of drug-likeness (QED) is 0.173. The molecule has 0 aliphatic heterocycles. The molecule has 0 unspecified atom stereocenters. The van der Waals surface area contributed by atoms with Gasteiger partial charge in [-0.05, 0) is 38.1 Å². The molecule has 0 saturated carbocycles. The van der Waals surface area contributed by atoms with Gasteiger partial charge in [0.15, 0.2) is 0 Å². The Morgan fingerprint density at radius 2 is 1.09 bits per heavy atom. The maximum absolute atomic E-state index is 12.1. The standard InChI is InChI=1S/C25H32O9/c1-17(2)21(26)31-13-14-33-24(29)20-9-7-19(8-10-20)23(28)32-12-11-30-15-25(5,6)16-34-22(27)18(3)4/h7-10H,1,3,11-16H2,2,4-6H3. The largest absolute Gasteiger partial charge is 0.462 e. The molecule has 0 aliphatic rings. The fraction of sp³-hybridized carbons (Fsp3) is 0.440. The molecule has 0 atom stereocenters. The van der Waals surface area contributed by atoms with Crippen LogP contribution < -0.4 is 0 Å². The van der Waals surface area contributed by atoms with E-state index >= 15 is 0 Å². The Morgan fingerprint density at radius 1 is 0.676 bits per heavy atom. The van der Waals surface area contributed by atoms with Gasteiger partial charge in [0.05, 0.1) is 30.9 Å².